The lowest BCUT2D eigenvalue weighted by Crippen LogP contribution is -2.12. The molecule has 5 rings (SSSR count). The Morgan fingerprint density at radius 3 is 2.67 bits per heavy atom. The van der Waals surface area contributed by atoms with Crippen molar-refractivity contribution < 1.29 is 13.5 Å². The molecule has 3 heterocycles. The van der Waals surface area contributed by atoms with Crippen LogP contribution in [0.1, 0.15) is 38.1 Å². The summed E-state index contributed by atoms with van der Waals surface area (Å²) >= 11 is 0. The second kappa shape index (κ2) is 7.55. The summed E-state index contributed by atoms with van der Waals surface area (Å²) in [6.45, 7) is 0. The molecule has 3 aromatic heterocycles. The van der Waals surface area contributed by atoms with Crippen LogP contribution in [0.15, 0.2) is 43.0 Å². The van der Waals surface area contributed by atoms with Gasteiger partial charge >= 0.3 is 0 Å². The molecule has 1 fully saturated rings. The Labute approximate surface area is 172 Å². The van der Waals surface area contributed by atoms with Crippen molar-refractivity contribution in [2.45, 2.75) is 38.1 Å². The third-order valence-corrected chi connectivity index (χ3v) is 5.92. The molecule has 30 heavy (non-hydrogen) atoms. The summed E-state index contributed by atoms with van der Waals surface area (Å²) in [6.07, 6.45) is 13.5. The van der Waals surface area contributed by atoms with Crippen molar-refractivity contribution in [3.05, 3.63) is 54.6 Å². The van der Waals surface area contributed by atoms with Crippen LogP contribution < -0.4 is 4.74 Å². The van der Waals surface area contributed by atoms with Crippen LogP contribution in [0.4, 0.5) is 8.78 Å². The third kappa shape index (κ3) is 3.24. The summed E-state index contributed by atoms with van der Waals surface area (Å²) in [4.78, 5) is 7.59. The Bertz CT molecular complexity index is 1210. The number of nitrogens with one attached hydrogen (secondary N) is 1. The van der Waals surface area contributed by atoms with Gasteiger partial charge in [0.2, 0.25) is 0 Å². The van der Waals surface area contributed by atoms with Gasteiger partial charge in [0.05, 0.1) is 19.3 Å². The topological polar surface area (TPSA) is 55.7 Å². The molecule has 1 aromatic carbocycles. The van der Waals surface area contributed by atoms with E-state index in [1.807, 2.05) is 12.3 Å². The quantitative estimate of drug-likeness (QED) is 0.458. The van der Waals surface area contributed by atoms with E-state index in [4.69, 9.17) is 4.74 Å². The van der Waals surface area contributed by atoms with Crippen molar-refractivity contribution in [1.82, 2.24) is 19.7 Å². The number of hydrogen-bond acceptors (Lipinski definition) is 3. The summed E-state index contributed by atoms with van der Waals surface area (Å²) in [5, 5.41) is 5.34. The maximum absolute atomic E-state index is 14.2. The highest BCUT2D eigenvalue weighted by Gasteiger charge is 2.19. The predicted octanol–water partition coefficient (Wildman–Crippen LogP) is 5.89. The zero-order valence-corrected chi connectivity index (χ0v) is 16.7. The standard InChI is InChI=1S/C23H22F2N4O/c1-30-22-18(8-16(24)9-21(22)25)20-12-27-23-19(20)7-14(10-26-23)15-11-28-29(13-15)17-5-3-2-4-6-17/h7-13,17H,2-6H2,1H3,(H,26,27). The van der Waals surface area contributed by atoms with E-state index in [2.05, 4.69) is 25.9 Å². The van der Waals surface area contributed by atoms with Crippen LogP contribution >= 0.6 is 0 Å². The number of halogens is 2. The highest BCUT2D eigenvalue weighted by molar-refractivity contribution is 5.97. The molecule has 5 nitrogen and oxygen atoms in total. The van der Waals surface area contributed by atoms with Gasteiger partial charge in [0.25, 0.3) is 0 Å². The van der Waals surface area contributed by atoms with E-state index in [0.717, 1.165) is 35.4 Å². The molecular formula is C23H22F2N4O. The SMILES string of the molecule is COc1c(F)cc(F)cc1-c1c[nH]c2ncc(-c3cnn(C4CCCCC4)c3)cc12. The van der Waals surface area contributed by atoms with Crippen LogP contribution in [-0.4, -0.2) is 26.9 Å². The Morgan fingerprint density at radius 1 is 1.03 bits per heavy atom. The Morgan fingerprint density at radius 2 is 1.87 bits per heavy atom. The molecule has 1 N–H and O–H groups in total. The number of fused-ring (bicyclic) bond motifs is 1. The second-order valence-electron chi connectivity index (χ2n) is 7.79. The number of H-pyrrole nitrogens is 1. The van der Waals surface area contributed by atoms with Crippen molar-refractivity contribution in [1.29, 1.82) is 0 Å². The molecule has 1 saturated carbocycles. The largest absolute Gasteiger partial charge is 0.493 e. The number of aromatic nitrogens is 4. The van der Waals surface area contributed by atoms with Gasteiger partial charge in [0, 0.05) is 52.3 Å². The maximum atomic E-state index is 14.2. The Hall–Kier alpha value is -3.22. The number of benzene rings is 1. The van der Waals surface area contributed by atoms with Gasteiger partial charge in [0.15, 0.2) is 11.6 Å². The van der Waals surface area contributed by atoms with Crippen LogP contribution in [0.2, 0.25) is 0 Å². The number of methoxy groups -OCH3 is 1. The van der Waals surface area contributed by atoms with Gasteiger partial charge in [-0.05, 0) is 25.0 Å². The molecule has 0 saturated heterocycles. The molecule has 4 aromatic rings. The molecule has 0 bridgehead atoms. The van der Waals surface area contributed by atoms with Gasteiger partial charge in [0.1, 0.15) is 11.5 Å². The van der Waals surface area contributed by atoms with E-state index in [1.165, 1.54) is 32.4 Å². The van der Waals surface area contributed by atoms with Crippen molar-refractivity contribution in [2.24, 2.45) is 0 Å². The summed E-state index contributed by atoms with van der Waals surface area (Å²) in [6, 6.07) is 4.52. The van der Waals surface area contributed by atoms with Crippen LogP contribution in [-0.2, 0) is 0 Å². The minimum Gasteiger partial charge on any atom is -0.493 e. The zero-order chi connectivity index (χ0) is 20.7. The van der Waals surface area contributed by atoms with E-state index in [9.17, 15) is 8.78 Å². The molecule has 0 spiro atoms. The van der Waals surface area contributed by atoms with E-state index >= 15 is 0 Å². The molecule has 154 valence electrons. The monoisotopic (exact) mass is 408 g/mol. The fourth-order valence-electron chi connectivity index (χ4n) is 4.38. The van der Waals surface area contributed by atoms with Crippen LogP contribution in [0.3, 0.4) is 0 Å². The number of ether oxygens (including phenoxy) is 1. The zero-order valence-electron chi connectivity index (χ0n) is 16.7. The first-order chi connectivity index (χ1) is 14.6. The highest BCUT2D eigenvalue weighted by atomic mass is 19.1. The number of pyridine rings is 1. The lowest BCUT2D eigenvalue weighted by atomic mass is 9.96. The van der Waals surface area contributed by atoms with Crippen molar-refractivity contribution in [3.63, 3.8) is 0 Å². The van der Waals surface area contributed by atoms with E-state index < -0.39 is 11.6 Å². The molecule has 1 aliphatic carbocycles. The Kier molecular flexibility index (Phi) is 4.73. The van der Waals surface area contributed by atoms with Crippen LogP contribution in [0, 0.1) is 11.6 Å². The molecule has 7 heteroatoms. The lowest BCUT2D eigenvalue weighted by Gasteiger charge is -2.21. The minimum absolute atomic E-state index is 0.00724. The molecule has 0 aliphatic heterocycles. The average molecular weight is 408 g/mol. The van der Waals surface area contributed by atoms with Gasteiger partial charge in [-0.3, -0.25) is 4.68 Å². The van der Waals surface area contributed by atoms with Gasteiger partial charge in [-0.2, -0.15) is 5.10 Å². The first-order valence-electron chi connectivity index (χ1n) is 10.2. The van der Waals surface area contributed by atoms with Crippen molar-refractivity contribution in [3.8, 4) is 28.0 Å². The summed E-state index contributed by atoms with van der Waals surface area (Å²) < 4.78 is 35.4. The third-order valence-electron chi connectivity index (χ3n) is 5.92. The van der Waals surface area contributed by atoms with Crippen molar-refractivity contribution >= 4 is 11.0 Å². The summed E-state index contributed by atoms with van der Waals surface area (Å²) in [7, 11) is 1.37. The molecule has 0 atom stereocenters. The minimum atomic E-state index is -0.736. The van der Waals surface area contributed by atoms with Crippen LogP contribution in [0.25, 0.3) is 33.3 Å². The average Bonchev–Trinajstić information content (AvgIpc) is 3.41. The first kappa shape index (κ1) is 18.8. The summed E-state index contributed by atoms with van der Waals surface area (Å²) in [5.74, 6) is -1.39. The lowest BCUT2D eigenvalue weighted by molar-refractivity contribution is 0.329. The predicted molar refractivity (Wildman–Crippen MR) is 111 cm³/mol. The number of rotatable bonds is 4. The normalized spacial score (nSPS) is 15.0. The van der Waals surface area contributed by atoms with Gasteiger partial charge < -0.3 is 9.72 Å². The van der Waals surface area contributed by atoms with Gasteiger partial charge in [-0.25, -0.2) is 13.8 Å². The second-order valence-corrected chi connectivity index (χ2v) is 7.79. The first-order valence-corrected chi connectivity index (χ1v) is 10.2. The van der Waals surface area contributed by atoms with Crippen molar-refractivity contribution in [2.75, 3.05) is 7.11 Å². The fraction of sp³-hybridized carbons (Fsp3) is 0.304. The summed E-state index contributed by atoms with van der Waals surface area (Å²) in [5.41, 5.74) is 3.49. The molecular weight excluding hydrogens is 386 g/mol. The van der Waals surface area contributed by atoms with E-state index in [1.54, 1.807) is 12.4 Å². The van der Waals surface area contributed by atoms with E-state index in [-0.39, 0.29) is 5.75 Å². The number of nitrogens with zero attached hydrogens (tertiary/aromatic N) is 3. The Balaban J connectivity index is 1.57. The molecule has 0 radical (unpaired) electrons. The number of aromatic amines is 1. The van der Waals surface area contributed by atoms with Gasteiger partial charge in [-0.1, -0.05) is 19.3 Å². The van der Waals surface area contributed by atoms with E-state index in [0.29, 0.717) is 22.8 Å². The molecule has 1 aliphatic rings. The maximum Gasteiger partial charge on any atom is 0.168 e. The van der Waals surface area contributed by atoms with Crippen LogP contribution in [0.5, 0.6) is 5.75 Å². The molecule has 0 unspecified atom stereocenters. The number of hydrogen-bond donors (Lipinski definition) is 1. The van der Waals surface area contributed by atoms with Gasteiger partial charge in [-0.15, -0.1) is 0 Å². The molecule has 0 amide bonds. The fourth-order valence-corrected chi connectivity index (χ4v) is 4.38. The highest BCUT2D eigenvalue weighted by Crippen LogP contribution is 2.38. The smallest absolute Gasteiger partial charge is 0.168 e.